The van der Waals surface area contributed by atoms with E-state index in [0.717, 1.165) is 17.7 Å². The minimum atomic E-state index is -0.841. The largest absolute Gasteiger partial charge is 0.492 e. The number of hydrogen-bond acceptors (Lipinski definition) is 3. The maximum atomic E-state index is 11.1. The van der Waals surface area contributed by atoms with Gasteiger partial charge in [0.05, 0.1) is 0 Å². The van der Waals surface area contributed by atoms with E-state index in [1.807, 2.05) is 12.1 Å². The van der Waals surface area contributed by atoms with Crippen LogP contribution in [0.25, 0.3) is 0 Å². The van der Waals surface area contributed by atoms with Gasteiger partial charge in [0.15, 0.2) is 0 Å². The molecule has 5 heteroatoms. The summed E-state index contributed by atoms with van der Waals surface area (Å²) in [4.78, 5) is 15.0. The van der Waals surface area contributed by atoms with Crippen molar-refractivity contribution in [1.29, 1.82) is 0 Å². The van der Waals surface area contributed by atoms with Crippen LogP contribution in [0.2, 0.25) is 0 Å². The SMILES string of the molecule is CC(COc1ccc2c(c1)CCN(C(=O)O)C2)N1CCCCC1. The minimum absolute atomic E-state index is 0.439. The van der Waals surface area contributed by atoms with Crippen LogP contribution >= 0.6 is 0 Å². The molecule has 1 saturated heterocycles. The van der Waals surface area contributed by atoms with Gasteiger partial charge in [0.25, 0.3) is 0 Å². The second-order valence-electron chi connectivity index (χ2n) is 6.64. The fourth-order valence-corrected chi connectivity index (χ4v) is 3.46. The summed E-state index contributed by atoms with van der Waals surface area (Å²) in [6.07, 6.45) is 3.86. The van der Waals surface area contributed by atoms with Gasteiger partial charge < -0.3 is 14.7 Å². The van der Waals surface area contributed by atoms with E-state index in [1.54, 1.807) is 0 Å². The van der Waals surface area contributed by atoms with Crippen LogP contribution in [0.1, 0.15) is 37.3 Å². The predicted molar refractivity (Wildman–Crippen MR) is 89.0 cm³/mol. The Hall–Kier alpha value is -1.75. The van der Waals surface area contributed by atoms with Crippen molar-refractivity contribution in [3.8, 4) is 5.75 Å². The molecular formula is C18H26N2O3. The molecule has 2 aliphatic rings. The smallest absolute Gasteiger partial charge is 0.407 e. The molecule has 23 heavy (non-hydrogen) atoms. The summed E-state index contributed by atoms with van der Waals surface area (Å²) in [7, 11) is 0. The number of benzene rings is 1. The van der Waals surface area contributed by atoms with E-state index in [2.05, 4.69) is 17.9 Å². The Labute approximate surface area is 137 Å². The average molecular weight is 318 g/mol. The number of carboxylic acid groups (broad SMARTS) is 1. The van der Waals surface area contributed by atoms with Gasteiger partial charge in [-0.3, -0.25) is 4.90 Å². The zero-order valence-electron chi connectivity index (χ0n) is 13.8. The van der Waals surface area contributed by atoms with Crippen molar-refractivity contribution in [3.05, 3.63) is 29.3 Å². The fraction of sp³-hybridized carbons (Fsp3) is 0.611. The highest BCUT2D eigenvalue weighted by Gasteiger charge is 2.21. The number of rotatable bonds is 4. The van der Waals surface area contributed by atoms with E-state index >= 15 is 0 Å². The summed E-state index contributed by atoms with van der Waals surface area (Å²) in [5, 5.41) is 9.08. The molecule has 1 N–H and O–H groups in total. The summed E-state index contributed by atoms with van der Waals surface area (Å²) in [5.74, 6) is 0.899. The van der Waals surface area contributed by atoms with Crippen LogP contribution in [0.5, 0.6) is 5.75 Å². The quantitative estimate of drug-likeness (QED) is 0.927. The molecule has 2 heterocycles. The van der Waals surface area contributed by atoms with Crippen LogP contribution < -0.4 is 4.74 Å². The number of likely N-dealkylation sites (tertiary alicyclic amines) is 1. The molecule has 0 aliphatic carbocycles. The lowest BCUT2D eigenvalue weighted by atomic mass is 10.00. The molecule has 0 bridgehead atoms. The topological polar surface area (TPSA) is 53.0 Å². The molecule has 0 saturated carbocycles. The van der Waals surface area contributed by atoms with Gasteiger partial charge in [-0.2, -0.15) is 0 Å². The predicted octanol–water partition coefficient (Wildman–Crippen LogP) is 2.98. The number of piperidine rings is 1. The minimum Gasteiger partial charge on any atom is -0.492 e. The molecule has 2 aliphatic heterocycles. The molecule has 0 aromatic heterocycles. The summed E-state index contributed by atoms with van der Waals surface area (Å²) >= 11 is 0. The van der Waals surface area contributed by atoms with Crippen LogP contribution in [0.4, 0.5) is 4.79 Å². The van der Waals surface area contributed by atoms with Gasteiger partial charge in [-0.15, -0.1) is 0 Å². The molecule has 1 amide bonds. The fourth-order valence-electron chi connectivity index (χ4n) is 3.46. The third-order valence-electron chi connectivity index (χ3n) is 4.97. The maximum absolute atomic E-state index is 11.1. The lowest BCUT2D eigenvalue weighted by Gasteiger charge is -2.32. The summed E-state index contributed by atoms with van der Waals surface area (Å²) < 4.78 is 5.99. The highest BCUT2D eigenvalue weighted by Crippen LogP contribution is 2.24. The van der Waals surface area contributed by atoms with Crippen LogP contribution in [0.15, 0.2) is 18.2 Å². The zero-order chi connectivity index (χ0) is 16.2. The Kier molecular flexibility index (Phi) is 5.06. The van der Waals surface area contributed by atoms with Crippen molar-refractivity contribution in [3.63, 3.8) is 0 Å². The van der Waals surface area contributed by atoms with E-state index in [4.69, 9.17) is 9.84 Å². The molecule has 1 aromatic rings. The normalized spacial score (nSPS) is 20.0. The third kappa shape index (κ3) is 3.96. The molecule has 1 fully saturated rings. The standard InChI is InChI=1S/C18H26N2O3/c1-14(19-8-3-2-4-9-19)13-23-17-6-5-16-12-20(18(21)22)10-7-15(16)11-17/h5-6,11,14H,2-4,7-10,12-13H2,1H3,(H,21,22). The van der Waals surface area contributed by atoms with Crippen molar-refractivity contribution in [2.75, 3.05) is 26.2 Å². The van der Waals surface area contributed by atoms with Gasteiger partial charge in [0.2, 0.25) is 0 Å². The summed E-state index contributed by atoms with van der Waals surface area (Å²) in [6.45, 7) is 6.35. The van der Waals surface area contributed by atoms with Crippen LogP contribution in [0, 0.1) is 0 Å². The number of amides is 1. The Morgan fingerprint density at radius 1 is 1.22 bits per heavy atom. The molecule has 0 radical (unpaired) electrons. The first kappa shape index (κ1) is 16.1. The number of nitrogens with zero attached hydrogens (tertiary/aromatic N) is 2. The lowest BCUT2D eigenvalue weighted by molar-refractivity contribution is 0.125. The van der Waals surface area contributed by atoms with Gasteiger partial charge in [-0.25, -0.2) is 4.79 Å². The lowest BCUT2D eigenvalue weighted by Crippen LogP contribution is -2.40. The number of fused-ring (bicyclic) bond motifs is 1. The number of hydrogen-bond donors (Lipinski definition) is 1. The Bertz CT molecular complexity index is 555. The second-order valence-corrected chi connectivity index (χ2v) is 6.64. The van der Waals surface area contributed by atoms with Gasteiger partial charge in [0, 0.05) is 19.1 Å². The third-order valence-corrected chi connectivity index (χ3v) is 4.97. The van der Waals surface area contributed by atoms with Crippen molar-refractivity contribution in [2.45, 2.75) is 45.2 Å². The first-order valence-corrected chi connectivity index (χ1v) is 8.60. The van der Waals surface area contributed by atoms with Crippen LogP contribution in [-0.2, 0) is 13.0 Å². The molecule has 0 spiro atoms. The van der Waals surface area contributed by atoms with Gasteiger partial charge in [-0.05, 0) is 62.5 Å². The van der Waals surface area contributed by atoms with Gasteiger partial charge in [-0.1, -0.05) is 12.5 Å². The van der Waals surface area contributed by atoms with Gasteiger partial charge in [0.1, 0.15) is 12.4 Å². The summed E-state index contributed by atoms with van der Waals surface area (Å²) in [6, 6.07) is 6.49. The molecule has 1 aromatic carbocycles. The number of ether oxygens (including phenoxy) is 1. The monoisotopic (exact) mass is 318 g/mol. The van der Waals surface area contributed by atoms with Crippen molar-refractivity contribution >= 4 is 6.09 Å². The summed E-state index contributed by atoms with van der Waals surface area (Å²) in [5.41, 5.74) is 2.31. The Morgan fingerprint density at radius 2 is 2.00 bits per heavy atom. The molecule has 1 unspecified atom stereocenters. The average Bonchev–Trinajstić information content (AvgIpc) is 2.59. The van der Waals surface area contributed by atoms with Crippen LogP contribution in [0.3, 0.4) is 0 Å². The first-order chi connectivity index (χ1) is 11.1. The molecular weight excluding hydrogens is 292 g/mol. The first-order valence-electron chi connectivity index (χ1n) is 8.60. The molecule has 1 atom stereocenters. The Balaban J connectivity index is 1.56. The molecule has 5 nitrogen and oxygen atoms in total. The maximum Gasteiger partial charge on any atom is 0.407 e. The van der Waals surface area contributed by atoms with Gasteiger partial charge >= 0.3 is 6.09 Å². The van der Waals surface area contributed by atoms with Crippen LogP contribution in [-0.4, -0.2) is 53.3 Å². The van der Waals surface area contributed by atoms with Crippen molar-refractivity contribution in [1.82, 2.24) is 9.80 Å². The van der Waals surface area contributed by atoms with Crippen molar-refractivity contribution < 1.29 is 14.6 Å². The second kappa shape index (κ2) is 7.21. The molecule has 126 valence electrons. The zero-order valence-corrected chi connectivity index (χ0v) is 13.8. The number of carbonyl (C=O) groups is 1. The van der Waals surface area contributed by atoms with Crippen molar-refractivity contribution in [2.24, 2.45) is 0 Å². The highest BCUT2D eigenvalue weighted by molar-refractivity contribution is 5.65. The van der Waals surface area contributed by atoms with E-state index in [9.17, 15) is 4.79 Å². The van der Waals surface area contributed by atoms with E-state index < -0.39 is 6.09 Å². The van der Waals surface area contributed by atoms with E-state index in [1.165, 1.54) is 42.8 Å². The van der Waals surface area contributed by atoms with E-state index in [0.29, 0.717) is 25.7 Å². The molecule has 3 rings (SSSR count). The Morgan fingerprint density at radius 3 is 2.74 bits per heavy atom. The highest BCUT2D eigenvalue weighted by atomic mass is 16.5. The van der Waals surface area contributed by atoms with E-state index in [-0.39, 0.29) is 0 Å².